The van der Waals surface area contributed by atoms with E-state index in [1.165, 1.54) is 7.05 Å². The van der Waals surface area contributed by atoms with Crippen molar-refractivity contribution in [3.8, 4) is 0 Å². The zero-order valence-electron chi connectivity index (χ0n) is 10.5. The van der Waals surface area contributed by atoms with Crippen LogP contribution in [0, 0.1) is 0 Å². The molecule has 0 saturated heterocycles. The molecule has 4 nitrogen and oxygen atoms in total. The lowest BCUT2D eigenvalue weighted by Gasteiger charge is -2.12. The van der Waals surface area contributed by atoms with Crippen LogP contribution in [0.5, 0.6) is 0 Å². The molecule has 0 aliphatic heterocycles. The first-order valence-electron chi connectivity index (χ1n) is 5.55. The topological polar surface area (TPSA) is 49.6 Å². The third-order valence-corrected chi connectivity index (χ3v) is 2.17. The first-order chi connectivity index (χ1) is 8.51. The first-order valence-corrected chi connectivity index (χ1v) is 5.55. The minimum absolute atomic E-state index is 0. The molecule has 1 heterocycles. The van der Waals surface area contributed by atoms with E-state index in [2.05, 4.69) is 15.6 Å². The van der Waals surface area contributed by atoms with Crippen LogP contribution in [0.3, 0.4) is 0 Å². The second-order valence-electron chi connectivity index (χ2n) is 3.62. The maximum Gasteiger partial charge on any atom is 0.390 e. The molecule has 8 heteroatoms. The summed E-state index contributed by atoms with van der Waals surface area (Å²) in [5.41, 5.74) is 0. The van der Waals surface area contributed by atoms with Gasteiger partial charge in [0.05, 0.1) is 12.7 Å². The highest BCUT2D eigenvalue weighted by molar-refractivity contribution is 14.0. The van der Waals surface area contributed by atoms with Crippen molar-refractivity contribution in [1.82, 2.24) is 10.6 Å². The Morgan fingerprint density at radius 2 is 2.00 bits per heavy atom. The summed E-state index contributed by atoms with van der Waals surface area (Å²) in [4.78, 5) is 3.82. The van der Waals surface area contributed by atoms with Gasteiger partial charge in [0.2, 0.25) is 0 Å². The van der Waals surface area contributed by atoms with Crippen LogP contribution in [0.15, 0.2) is 27.8 Å². The highest BCUT2D eigenvalue weighted by Gasteiger charge is 2.26. The summed E-state index contributed by atoms with van der Waals surface area (Å²) < 4.78 is 40.9. The van der Waals surface area contributed by atoms with Gasteiger partial charge in [0.25, 0.3) is 0 Å². The molecule has 110 valence electrons. The molecular formula is C11H17F3IN3O. The van der Waals surface area contributed by atoms with Gasteiger partial charge in [-0.15, -0.1) is 24.0 Å². The summed E-state index contributed by atoms with van der Waals surface area (Å²) in [5, 5.41) is 5.50. The van der Waals surface area contributed by atoms with Gasteiger partial charge in [0.1, 0.15) is 5.76 Å². The highest BCUT2D eigenvalue weighted by Crippen LogP contribution is 2.17. The van der Waals surface area contributed by atoms with Gasteiger partial charge in [0, 0.05) is 26.6 Å². The van der Waals surface area contributed by atoms with Crippen LogP contribution in [-0.4, -0.2) is 32.3 Å². The molecule has 0 unspecified atom stereocenters. The fourth-order valence-corrected chi connectivity index (χ4v) is 1.30. The molecule has 0 aromatic carbocycles. The van der Waals surface area contributed by atoms with Gasteiger partial charge in [-0.1, -0.05) is 0 Å². The molecule has 1 rings (SSSR count). The second kappa shape index (κ2) is 9.05. The molecule has 1 aromatic heterocycles. The summed E-state index contributed by atoms with van der Waals surface area (Å²) in [5.74, 6) is 1.17. The molecule has 1 aromatic rings. The second-order valence-corrected chi connectivity index (χ2v) is 3.62. The van der Waals surface area contributed by atoms with Crippen molar-refractivity contribution in [1.29, 1.82) is 0 Å². The fourth-order valence-electron chi connectivity index (χ4n) is 1.30. The average Bonchev–Trinajstić information content (AvgIpc) is 2.78. The van der Waals surface area contributed by atoms with Crippen LogP contribution in [0.2, 0.25) is 0 Å². The summed E-state index contributed by atoms with van der Waals surface area (Å²) in [6.07, 6.45) is -2.81. The standard InChI is InChI=1S/C11H16F3N3O.HI/c1-15-10(17-7-5-11(12,13)14)16-6-4-9-3-2-8-18-9;/h2-3,8H,4-7H2,1H3,(H2,15,16,17);1H. The molecule has 0 amide bonds. The number of aliphatic imine (C=N–C) groups is 1. The lowest BCUT2D eigenvalue weighted by molar-refractivity contribution is -0.132. The lowest BCUT2D eigenvalue weighted by Crippen LogP contribution is -2.39. The number of alkyl halides is 3. The van der Waals surface area contributed by atoms with E-state index in [-0.39, 0.29) is 30.5 Å². The number of halogens is 4. The van der Waals surface area contributed by atoms with Crippen molar-refractivity contribution in [2.24, 2.45) is 4.99 Å². The molecule has 0 radical (unpaired) electrons. The van der Waals surface area contributed by atoms with Crippen molar-refractivity contribution in [3.63, 3.8) is 0 Å². The highest BCUT2D eigenvalue weighted by atomic mass is 127. The van der Waals surface area contributed by atoms with Gasteiger partial charge in [-0.2, -0.15) is 13.2 Å². The quantitative estimate of drug-likeness (QED) is 0.461. The number of furan rings is 1. The monoisotopic (exact) mass is 391 g/mol. The third kappa shape index (κ3) is 8.73. The van der Waals surface area contributed by atoms with Crippen LogP contribution in [0.4, 0.5) is 13.2 Å². The Labute approximate surface area is 126 Å². The van der Waals surface area contributed by atoms with Crippen LogP contribution >= 0.6 is 24.0 Å². The number of nitrogens with one attached hydrogen (secondary N) is 2. The van der Waals surface area contributed by atoms with E-state index in [9.17, 15) is 13.2 Å². The molecule has 0 fully saturated rings. The van der Waals surface area contributed by atoms with E-state index in [0.29, 0.717) is 18.9 Å². The molecule has 0 spiro atoms. The predicted molar refractivity (Wildman–Crippen MR) is 77.9 cm³/mol. The summed E-state index contributed by atoms with van der Waals surface area (Å²) in [7, 11) is 1.51. The third-order valence-electron chi connectivity index (χ3n) is 2.17. The van der Waals surface area contributed by atoms with Gasteiger partial charge in [-0.3, -0.25) is 4.99 Å². The van der Waals surface area contributed by atoms with Gasteiger partial charge < -0.3 is 15.1 Å². The molecule has 0 aliphatic carbocycles. The van der Waals surface area contributed by atoms with Crippen molar-refractivity contribution in [2.45, 2.75) is 19.0 Å². The lowest BCUT2D eigenvalue weighted by atomic mass is 10.3. The fraction of sp³-hybridized carbons (Fsp3) is 0.545. The molecule has 2 N–H and O–H groups in total. The molecule has 19 heavy (non-hydrogen) atoms. The van der Waals surface area contributed by atoms with Crippen molar-refractivity contribution in [3.05, 3.63) is 24.2 Å². The summed E-state index contributed by atoms with van der Waals surface area (Å²) in [6.45, 7) is 0.350. The zero-order valence-corrected chi connectivity index (χ0v) is 12.8. The summed E-state index contributed by atoms with van der Waals surface area (Å²) in [6, 6.07) is 3.62. The Hall–Kier alpha value is -0.930. The first kappa shape index (κ1) is 18.1. The van der Waals surface area contributed by atoms with E-state index in [1.807, 2.05) is 6.07 Å². The Balaban J connectivity index is 0.00000324. The SMILES string of the molecule is CN=C(NCCc1ccco1)NCCC(F)(F)F.I. The Morgan fingerprint density at radius 1 is 1.32 bits per heavy atom. The van der Waals surface area contributed by atoms with E-state index in [1.54, 1.807) is 12.3 Å². The van der Waals surface area contributed by atoms with E-state index in [4.69, 9.17) is 4.42 Å². The van der Waals surface area contributed by atoms with Crippen LogP contribution < -0.4 is 10.6 Å². The Kier molecular flexibility index (Phi) is 8.61. The maximum absolute atomic E-state index is 11.9. The van der Waals surface area contributed by atoms with Crippen molar-refractivity contribution in [2.75, 3.05) is 20.1 Å². The molecule has 0 saturated carbocycles. The number of rotatable bonds is 5. The van der Waals surface area contributed by atoms with Crippen LogP contribution in [0.25, 0.3) is 0 Å². The van der Waals surface area contributed by atoms with Crippen molar-refractivity contribution < 1.29 is 17.6 Å². The molecular weight excluding hydrogens is 374 g/mol. The largest absolute Gasteiger partial charge is 0.469 e. The average molecular weight is 391 g/mol. The summed E-state index contributed by atoms with van der Waals surface area (Å²) >= 11 is 0. The molecule has 0 bridgehead atoms. The van der Waals surface area contributed by atoms with Gasteiger partial charge in [0.15, 0.2) is 5.96 Å². The number of hydrogen-bond acceptors (Lipinski definition) is 2. The van der Waals surface area contributed by atoms with E-state index in [0.717, 1.165) is 5.76 Å². The normalized spacial score (nSPS) is 11.9. The number of nitrogens with zero attached hydrogens (tertiary/aromatic N) is 1. The number of guanidine groups is 1. The van der Waals surface area contributed by atoms with Crippen molar-refractivity contribution >= 4 is 29.9 Å². The van der Waals surface area contributed by atoms with Crippen LogP contribution in [0.1, 0.15) is 12.2 Å². The molecule has 0 aliphatic rings. The van der Waals surface area contributed by atoms with Gasteiger partial charge in [-0.25, -0.2) is 0 Å². The van der Waals surface area contributed by atoms with E-state index >= 15 is 0 Å². The predicted octanol–water partition coefficient (Wildman–Crippen LogP) is 2.56. The minimum atomic E-state index is -4.15. The Bertz CT molecular complexity index is 366. The maximum atomic E-state index is 11.9. The zero-order chi connectivity index (χ0) is 13.4. The number of hydrogen-bond donors (Lipinski definition) is 2. The smallest absolute Gasteiger partial charge is 0.390 e. The Morgan fingerprint density at radius 3 is 2.53 bits per heavy atom. The van der Waals surface area contributed by atoms with Gasteiger partial charge >= 0.3 is 6.18 Å². The minimum Gasteiger partial charge on any atom is -0.469 e. The van der Waals surface area contributed by atoms with Gasteiger partial charge in [-0.05, 0) is 12.1 Å². The van der Waals surface area contributed by atoms with Crippen LogP contribution in [-0.2, 0) is 6.42 Å². The molecule has 0 atom stereocenters. The van der Waals surface area contributed by atoms with E-state index < -0.39 is 12.6 Å².